The van der Waals surface area contributed by atoms with Crippen LogP contribution in [0.25, 0.3) is 22.3 Å². The largest absolute Gasteiger partial charge is 0.452 e. The number of amides is 2. The molecule has 2 aromatic carbocycles. The first-order valence-corrected chi connectivity index (χ1v) is 11.1. The van der Waals surface area contributed by atoms with Gasteiger partial charge in [0.1, 0.15) is 0 Å². The highest BCUT2D eigenvalue weighted by molar-refractivity contribution is 6.05. The van der Waals surface area contributed by atoms with Crippen molar-refractivity contribution in [1.29, 1.82) is 0 Å². The number of aromatic nitrogens is 3. The number of esters is 1. The van der Waals surface area contributed by atoms with Gasteiger partial charge < -0.3 is 4.74 Å². The topological polar surface area (TPSA) is 94.4 Å². The van der Waals surface area contributed by atoms with E-state index in [0.29, 0.717) is 42.7 Å². The number of carbonyl (C=O) groups excluding carboxylic acids is 3. The SMILES string of the molecule is O=C(OCC(=O)N1CCCC1=O)c1cc(-c2ccccc2)nc2c1cnn2Cc1ccccc1. The van der Waals surface area contributed by atoms with Crippen molar-refractivity contribution in [1.82, 2.24) is 19.7 Å². The number of nitrogens with zero attached hydrogens (tertiary/aromatic N) is 4. The van der Waals surface area contributed by atoms with E-state index in [-0.39, 0.29) is 11.5 Å². The summed E-state index contributed by atoms with van der Waals surface area (Å²) in [4.78, 5) is 43.1. The Labute approximate surface area is 195 Å². The van der Waals surface area contributed by atoms with Crippen LogP contribution in [0.5, 0.6) is 0 Å². The molecule has 0 spiro atoms. The molecular formula is C26H22N4O4. The molecule has 3 heterocycles. The van der Waals surface area contributed by atoms with Crippen LogP contribution in [-0.2, 0) is 20.9 Å². The molecule has 34 heavy (non-hydrogen) atoms. The minimum absolute atomic E-state index is 0.235. The maximum Gasteiger partial charge on any atom is 0.339 e. The smallest absolute Gasteiger partial charge is 0.339 e. The number of imide groups is 1. The molecule has 8 heteroatoms. The second kappa shape index (κ2) is 9.27. The van der Waals surface area contributed by atoms with Crippen LogP contribution >= 0.6 is 0 Å². The summed E-state index contributed by atoms with van der Waals surface area (Å²) in [6.07, 6.45) is 2.55. The molecule has 1 aliphatic heterocycles. The number of hydrogen-bond acceptors (Lipinski definition) is 6. The number of pyridine rings is 1. The number of ether oxygens (including phenoxy) is 1. The third-order valence-corrected chi connectivity index (χ3v) is 5.78. The molecule has 1 saturated heterocycles. The Bertz CT molecular complexity index is 1370. The third kappa shape index (κ3) is 4.30. The van der Waals surface area contributed by atoms with E-state index in [1.807, 2.05) is 60.7 Å². The number of benzene rings is 2. The molecular weight excluding hydrogens is 432 g/mol. The first-order chi connectivity index (χ1) is 16.6. The fraction of sp³-hybridized carbons (Fsp3) is 0.192. The summed E-state index contributed by atoms with van der Waals surface area (Å²) < 4.78 is 7.07. The standard InChI is InChI=1S/C26H22N4O4/c31-23-12-7-13-29(23)24(32)17-34-26(33)20-14-22(19-10-5-2-6-11-19)28-25-21(20)15-27-30(25)16-18-8-3-1-4-9-18/h1-6,8-11,14-15H,7,12-13,16-17H2. The average molecular weight is 454 g/mol. The number of rotatable bonds is 6. The lowest BCUT2D eigenvalue weighted by Crippen LogP contribution is -2.35. The highest BCUT2D eigenvalue weighted by atomic mass is 16.5. The summed E-state index contributed by atoms with van der Waals surface area (Å²) in [5, 5.41) is 5.00. The molecule has 0 saturated carbocycles. The van der Waals surface area contributed by atoms with E-state index in [0.717, 1.165) is 16.0 Å². The van der Waals surface area contributed by atoms with Crippen molar-refractivity contribution < 1.29 is 19.1 Å². The van der Waals surface area contributed by atoms with Crippen molar-refractivity contribution in [2.75, 3.05) is 13.2 Å². The Morgan fingerprint density at radius 3 is 2.44 bits per heavy atom. The van der Waals surface area contributed by atoms with Crippen LogP contribution in [0.3, 0.4) is 0 Å². The third-order valence-electron chi connectivity index (χ3n) is 5.78. The zero-order valence-electron chi connectivity index (χ0n) is 18.4. The van der Waals surface area contributed by atoms with Crippen LogP contribution in [0, 0.1) is 0 Å². The second-order valence-electron chi connectivity index (χ2n) is 8.06. The van der Waals surface area contributed by atoms with Crippen molar-refractivity contribution >= 4 is 28.8 Å². The monoisotopic (exact) mass is 454 g/mol. The molecule has 2 amide bonds. The van der Waals surface area contributed by atoms with E-state index >= 15 is 0 Å². The number of carbonyl (C=O) groups is 3. The van der Waals surface area contributed by atoms with Crippen LogP contribution in [0.4, 0.5) is 0 Å². The fourth-order valence-corrected chi connectivity index (χ4v) is 4.04. The Morgan fingerprint density at radius 1 is 1.00 bits per heavy atom. The highest BCUT2D eigenvalue weighted by Crippen LogP contribution is 2.26. The van der Waals surface area contributed by atoms with E-state index in [1.165, 1.54) is 0 Å². The molecule has 0 N–H and O–H groups in total. The maximum absolute atomic E-state index is 13.1. The maximum atomic E-state index is 13.1. The molecule has 0 atom stereocenters. The molecule has 4 aromatic rings. The minimum Gasteiger partial charge on any atom is -0.452 e. The summed E-state index contributed by atoms with van der Waals surface area (Å²) in [6.45, 7) is 0.353. The first-order valence-electron chi connectivity index (χ1n) is 11.1. The van der Waals surface area contributed by atoms with Crippen molar-refractivity contribution in [2.45, 2.75) is 19.4 Å². The van der Waals surface area contributed by atoms with Crippen molar-refractivity contribution in [2.24, 2.45) is 0 Å². The molecule has 5 rings (SSSR count). The van der Waals surface area contributed by atoms with Gasteiger partial charge in [-0.3, -0.25) is 14.5 Å². The van der Waals surface area contributed by atoms with Crippen LogP contribution < -0.4 is 0 Å². The molecule has 2 aromatic heterocycles. The van der Waals surface area contributed by atoms with Gasteiger partial charge in [-0.15, -0.1) is 0 Å². The lowest BCUT2D eigenvalue weighted by molar-refractivity contribution is -0.143. The summed E-state index contributed by atoms with van der Waals surface area (Å²) in [5.41, 5.74) is 3.28. The quantitative estimate of drug-likeness (QED) is 0.414. The highest BCUT2D eigenvalue weighted by Gasteiger charge is 2.27. The zero-order chi connectivity index (χ0) is 23.5. The van der Waals surface area contributed by atoms with E-state index in [9.17, 15) is 14.4 Å². The number of likely N-dealkylation sites (tertiary alicyclic amines) is 1. The molecule has 0 aliphatic carbocycles. The summed E-state index contributed by atoms with van der Waals surface area (Å²) in [5.74, 6) is -1.41. The summed E-state index contributed by atoms with van der Waals surface area (Å²) >= 11 is 0. The Kier molecular flexibility index (Phi) is 5.86. The van der Waals surface area contributed by atoms with Crippen molar-refractivity contribution in [3.8, 4) is 11.3 Å². The molecule has 0 radical (unpaired) electrons. The van der Waals surface area contributed by atoms with Crippen molar-refractivity contribution in [3.05, 3.63) is 84.1 Å². The normalized spacial score (nSPS) is 13.4. The van der Waals surface area contributed by atoms with Gasteiger partial charge in [0, 0.05) is 18.5 Å². The van der Waals surface area contributed by atoms with Gasteiger partial charge in [0.2, 0.25) is 5.91 Å². The van der Waals surface area contributed by atoms with Gasteiger partial charge in [0.05, 0.1) is 29.4 Å². The van der Waals surface area contributed by atoms with Gasteiger partial charge in [-0.1, -0.05) is 60.7 Å². The average Bonchev–Trinajstić information content (AvgIpc) is 3.49. The minimum atomic E-state index is -0.663. The van der Waals surface area contributed by atoms with E-state index < -0.39 is 18.5 Å². The first kappa shape index (κ1) is 21.5. The lowest BCUT2D eigenvalue weighted by Gasteiger charge is -2.14. The number of hydrogen-bond donors (Lipinski definition) is 0. The van der Waals surface area contributed by atoms with E-state index in [1.54, 1.807) is 16.9 Å². The lowest BCUT2D eigenvalue weighted by atomic mass is 10.1. The number of fused-ring (bicyclic) bond motifs is 1. The molecule has 1 aliphatic rings. The van der Waals surface area contributed by atoms with Gasteiger partial charge in [0.15, 0.2) is 12.3 Å². The predicted molar refractivity (Wildman–Crippen MR) is 125 cm³/mol. The fourth-order valence-electron chi connectivity index (χ4n) is 4.04. The van der Waals surface area contributed by atoms with Gasteiger partial charge in [-0.25, -0.2) is 14.5 Å². The zero-order valence-corrected chi connectivity index (χ0v) is 18.4. The van der Waals surface area contributed by atoms with Gasteiger partial charge in [-0.2, -0.15) is 5.10 Å². The van der Waals surface area contributed by atoms with Crippen LogP contribution in [0.1, 0.15) is 28.8 Å². The van der Waals surface area contributed by atoms with Gasteiger partial charge in [-0.05, 0) is 18.1 Å². The predicted octanol–water partition coefficient (Wildman–Crippen LogP) is 3.45. The Hall–Kier alpha value is -4.33. The Balaban J connectivity index is 1.49. The summed E-state index contributed by atoms with van der Waals surface area (Å²) in [6, 6.07) is 21.0. The van der Waals surface area contributed by atoms with E-state index in [2.05, 4.69) is 5.10 Å². The molecule has 8 nitrogen and oxygen atoms in total. The molecule has 0 bridgehead atoms. The van der Waals surface area contributed by atoms with Crippen LogP contribution in [0.15, 0.2) is 72.9 Å². The van der Waals surface area contributed by atoms with E-state index in [4.69, 9.17) is 9.72 Å². The summed E-state index contributed by atoms with van der Waals surface area (Å²) in [7, 11) is 0. The van der Waals surface area contributed by atoms with Gasteiger partial charge >= 0.3 is 5.97 Å². The molecule has 0 unspecified atom stereocenters. The second-order valence-corrected chi connectivity index (χ2v) is 8.06. The van der Waals surface area contributed by atoms with Crippen LogP contribution in [0.2, 0.25) is 0 Å². The molecule has 170 valence electrons. The Morgan fingerprint density at radius 2 is 1.74 bits per heavy atom. The van der Waals surface area contributed by atoms with Crippen molar-refractivity contribution in [3.63, 3.8) is 0 Å². The van der Waals surface area contributed by atoms with Crippen LogP contribution in [-0.4, -0.2) is 50.6 Å². The molecule has 1 fully saturated rings. The van der Waals surface area contributed by atoms with Gasteiger partial charge in [0.25, 0.3) is 5.91 Å².